The third-order valence-corrected chi connectivity index (χ3v) is 14.2. The third-order valence-electron chi connectivity index (χ3n) is 14.2. The van der Waals surface area contributed by atoms with Gasteiger partial charge in [0.2, 0.25) is 0 Å². The molecule has 0 atom stereocenters. The third kappa shape index (κ3) is 8.93. The minimum atomic E-state index is -0.739. The largest absolute Gasteiger partial charge is 0.493 e. The molecule has 5 heteroatoms. The predicted molar refractivity (Wildman–Crippen MR) is 304 cm³/mol. The van der Waals surface area contributed by atoms with E-state index >= 15 is 0 Å². The van der Waals surface area contributed by atoms with Crippen molar-refractivity contribution in [1.82, 2.24) is 9.55 Å². The summed E-state index contributed by atoms with van der Waals surface area (Å²) in [6, 6.07) is 39.8. The number of hydrogen-bond acceptors (Lipinski definition) is 3. The molecule has 4 nitrogen and oxygen atoms in total. The molecule has 0 spiro atoms. The number of nitrogens with zero attached hydrogens (tertiary/aromatic N) is 4. The van der Waals surface area contributed by atoms with E-state index < -0.39 is 71.3 Å². The van der Waals surface area contributed by atoms with Crippen LogP contribution in [0.4, 0.5) is 22.7 Å². The Balaban J connectivity index is 0.00000769. The smallest absolute Gasteiger partial charge is 0.135 e. The standard InChI is InChI=1S/C68H63N4.Pt/c1-44-34-45(2)64(46(3)35-44)49-36-53(68(10,11)51-30-31-56-55-26-18-19-27-59(55)72(62(56)41-51)63-42-50(32-33-69-63)66(4,5)6)38-54(37-49)70-43-71(61-29-21-20-28-60(61)70)65-57(47-22-14-12-15-23-47)39-52(67(7,8)9)40-58(65)48-24-16-13-17-25-48;/h12-37,39-40,42-43H,1-11H3;/q-3;/i12D,13D,14D,15D,16D,17D,22D,23D,24D,25D;. The molecule has 1 aliphatic rings. The summed E-state index contributed by atoms with van der Waals surface area (Å²) in [7, 11) is 0. The molecule has 368 valence electrons. The quantitative estimate of drug-likeness (QED) is 0.142. The molecule has 0 unspecified atom stereocenters. The summed E-state index contributed by atoms with van der Waals surface area (Å²) in [5.41, 5.74) is 11.8. The maximum atomic E-state index is 9.42. The summed E-state index contributed by atoms with van der Waals surface area (Å²) < 4.78 is 92.7. The molecular weight excluding hydrogens is 1070 g/mol. The molecule has 10 aromatic rings. The summed E-state index contributed by atoms with van der Waals surface area (Å²) in [6.45, 7) is 25.1. The van der Waals surface area contributed by atoms with E-state index in [1.165, 1.54) is 0 Å². The van der Waals surface area contributed by atoms with Crippen LogP contribution in [-0.4, -0.2) is 9.55 Å². The van der Waals surface area contributed by atoms with Crippen LogP contribution in [0.15, 0.2) is 176 Å². The summed E-state index contributed by atoms with van der Waals surface area (Å²) in [5, 5.41) is 2.14. The Morgan fingerprint density at radius 2 is 1.14 bits per heavy atom. The van der Waals surface area contributed by atoms with E-state index in [2.05, 4.69) is 145 Å². The molecule has 3 heterocycles. The van der Waals surface area contributed by atoms with Crippen LogP contribution in [-0.2, 0) is 37.3 Å². The van der Waals surface area contributed by atoms with Gasteiger partial charge in [-0.15, -0.1) is 29.4 Å². The Hall–Kier alpha value is -7.00. The minimum Gasteiger partial charge on any atom is -0.493 e. The van der Waals surface area contributed by atoms with Crippen molar-refractivity contribution in [3.63, 3.8) is 0 Å². The predicted octanol–water partition coefficient (Wildman–Crippen LogP) is 18.0. The summed E-state index contributed by atoms with van der Waals surface area (Å²) in [6.07, 6.45) is 1.88. The zero-order valence-electron chi connectivity index (χ0n) is 53.2. The number of pyridine rings is 1. The molecule has 0 fully saturated rings. The van der Waals surface area contributed by atoms with Crippen molar-refractivity contribution < 1.29 is 34.8 Å². The molecule has 0 N–H and O–H groups in total. The van der Waals surface area contributed by atoms with Crippen molar-refractivity contribution in [1.29, 1.82) is 0 Å². The molecule has 1 aliphatic heterocycles. The number of benzene rings is 8. The van der Waals surface area contributed by atoms with Crippen molar-refractivity contribution >= 4 is 44.6 Å². The Morgan fingerprint density at radius 1 is 0.548 bits per heavy atom. The topological polar surface area (TPSA) is 24.3 Å². The van der Waals surface area contributed by atoms with Gasteiger partial charge in [0.1, 0.15) is 5.82 Å². The van der Waals surface area contributed by atoms with Crippen LogP contribution in [0.5, 0.6) is 0 Å². The van der Waals surface area contributed by atoms with Crippen LogP contribution >= 0.6 is 0 Å². The fourth-order valence-corrected chi connectivity index (χ4v) is 10.4. The van der Waals surface area contributed by atoms with Gasteiger partial charge in [-0.05, 0) is 124 Å². The maximum Gasteiger partial charge on any atom is 0.135 e. The molecule has 0 bridgehead atoms. The minimum absolute atomic E-state index is 0. The monoisotopic (exact) mass is 1140 g/mol. The van der Waals surface area contributed by atoms with Gasteiger partial charge in [-0.3, -0.25) is 0 Å². The Kier molecular flexibility index (Phi) is 9.94. The van der Waals surface area contributed by atoms with Gasteiger partial charge in [0, 0.05) is 61.0 Å². The molecule has 8 aromatic carbocycles. The van der Waals surface area contributed by atoms with E-state index in [0.29, 0.717) is 22.6 Å². The van der Waals surface area contributed by atoms with E-state index in [-0.39, 0.29) is 54.4 Å². The summed E-state index contributed by atoms with van der Waals surface area (Å²) >= 11 is 0. The normalized spacial score (nSPS) is 14.8. The molecule has 0 aliphatic carbocycles. The van der Waals surface area contributed by atoms with Crippen molar-refractivity contribution in [3.05, 3.63) is 234 Å². The Morgan fingerprint density at radius 3 is 1.75 bits per heavy atom. The fraction of sp³-hybridized carbons (Fsp3) is 0.206. The van der Waals surface area contributed by atoms with Crippen LogP contribution in [0.1, 0.15) is 108 Å². The van der Waals surface area contributed by atoms with Gasteiger partial charge in [-0.2, -0.15) is 41.5 Å². The Labute approximate surface area is 461 Å². The average Bonchev–Trinajstić information content (AvgIpc) is 3.65. The molecule has 2 aromatic heterocycles. The molecule has 11 rings (SSSR count). The van der Waals surface area contributed by atoms with Crippen LogP contribution in [0, 0.1) is 39.6 Å². The fourth-order valence-electron chi connectivity index (χ4n) is 10.4. The zero-order valence-corrected chi connectivity index (χ0v) is 45.4. The SMILES string of the molecule is [2H]c1c([2H])c([2H])c(-c2cc(C(C)(C)C)cc(-c3c([2H])c([2H])c([2H])c([2H])c3[2H])c2N2[CH-]N(c3[c-]c(C(C)(C)c4[c-]c5c(cc4)c4ccccc4n5-c4cc(C(C)(C)C)ccn4)cc(-c4c(C)cc(C)cc4C)c3)c3ccccc32)c([2H])c1[2H].[Pt]. The van der Waals surface area contributed by atoms with Crippen LogP contribution in [0.25, 0.3) is 61.0 Å². The summed E-state index contributed by atoms with van der Waals surface area (Å²) in [4.78, 5) is 8.82. The van der Waals surface area contributed by atoms with Gasteiger partial charge in [0.15, 0.2) is 0 Å². The van der Waals surface area contributed by atoms with E-state index in [9.17, 15) is 5.48 Å². The molecule has 0 amide bonds. The number of anilines is 4. The second-order valence-electron chi connectivity index (χ2n) is 21.7. The number of rotatable bonds is 8. The van der Waals surface area contributed by atoms with Gasteiger partial charge in [0.25, 0.3) is 0 Å². The number of para-hydroxylation sites is 3. The number of fused-ring (bicyclic) bond motifs is 4. The molecule has 0 radical (unpaired) electrons. The van der Waals surface area contributed by atoms with Crippen LogP contribution < -0.4 is 9.80 Å². The van der Waals surface area contributed by atoms with E-state index in [0.717, 1.165) is 72.1 Å². The molecule has 0 saturated heterocycles. The first-order chi connectivity index (χ1) is 38.6. The van der Waals surface area contributed by atoms with Gasteiger partial charge in [0.05, 0.1) is 13.7 Å². The molecule has 73 heavy (non-hydrogen) atoms. The summed E-state index contributed by atoms with van der Waals surface area (Å²) in [5.74, 6) is 0.802. The van der Waals surface area contributed by atoms with Crippen molar-refractivity contribution in [2.24, 2.45) is 0 Å². The Bertz CT molecular complexity index is 4150. The number of aromatic nitrogens is 2. The van der Waals surface area contributed by atoms with E-state index in [1.807, 2.05) is 79.8 Å². The van der Waals surface area contributed by atoms with Gasteiger partial charge < -0.3 is 14.4 Å². The first-order valence-corrected chi connectivity index (χ1v) is 24.5. The molecule has 0 saturated carbocycles. The van der Waals surface area contributed by atoms with Crippen molar-refractivity contribution in [2.75, 3.05) is 9.80 Å². The number of aryl methyl sites for hydroxylation is 3. The first kappa shape index (κ1) is 38.6. The van der Waals surface area contributed by atoms with Crippen LogP contribution in [0.2, 0.25) is 0 Å². The van der Waals surface area contributed by atoms with Crippen molar-refractivity contribution in [2.45, 2.75) is 92.4 Å². The second-order valence-corrected chi connectivity index (χ2v) is 21.7. The van der Waals surface area contributed by atoms with Crippen molar-refractivity contribution in [3.8, 4) is 39.2 Å². The van der Waals surface area contributed by atoms with Gasteiger partial charge >= 0.3 is 0 Å². The van der Waals surface area contributed by atoms with Crippen LogP contribution in [0.3, 0.4) is 0 Å². The maximum absolute atomic E-state index is 9.42. The first-order valence-electron chi connectivity index (χ1n) is 29.5. The van der Waals surface area contributed by atoms with E-state index in [4.69, 9.17) is 13.2 Å². The molecular formula is C68H63N4Pt-3. The van der Waals surface area contributed by atoms with Gasteiger partial charge in [-0.25, -0.2) is 4.98 Å². The number of hydrogen-bond donors (Lipinski definition) is 0. The zero-order chi connectivity index (χ0) is 59.0. The second kappa shape index (κ2) is 18.8. The van der Waals surface area contributed by atoms with Gasteiger partial charge in [-0.1, -0.05) is 169 Å². The average molecular weight is 1140 g/mol. The van der Waals surface area contributed by atoms with E-state index in [1.54, 1.807) is 0 Å².